The van der Waals surface area contributed by atoms with Crippen LogP contribution in [-0.2, 0) is 0 Å². The van der Waals surface area contributed by atoms with Crippen molar-refractivity contribution < 1.29 is 14.3 Å². The van der Waals surface area contributed by atoms with Crippen molar-refractivity contribution in [2.45, 2.75) is 18.9 Å². The minimum absolute atomic E-state index is 0.0631. The average molecular weight is 338 g/mol. The Bertz CT molecular complexity index is 803. The zero-order valence-electron chi connectivity index (χ0n) is 13.9. The molecule has 1 amide bonds. The number of hydrogen-bond donors (Lipinski definition) is 0. The van der Waals surface area contributed by atoms with Crippen molar-refractivity contribution in [2.75, 3.05) is 20.2 Å². The lowest BCUT2D eigenvalue weighted by Gasteiger charge is -2.32. The van der Waals surface area contributed by atoms with Gasteiger partial charge in [-0.15, -0.1) is 0 Å². The first-order valence-electron chi connectivity index (χ1n) is 8.02. The molecule has 128 valence electrons. The van der Waals surface area contributed by atoms with Crippen molar-refractivity contribution in [3.05, 3.63) is 47.9 Å². The summed E-state index contributed by atoms with van der Waals surface area (Å²) < 4.78 is 11.0. The van der Waals surface area contributed by atoms with Gasteiger partial charge >= 0.3 is 0 Å². The van der Waals surface area contributed by atoms with Gasteiger partial charge in [0.25, 0.3) is 11.8 Å². The highest BCUT2D eigenvalue weighted by atomic mass is 16.5. The van der Waals surface area contributed by atoms with Gasteiger partial charge in [0.1, 0.15) is 17.9 Å². The largest absolute Gasteiger partial charge is 0.497 e. The topological polar surface area (TPSA) is 88.3 Å². The van der Waals surface area contributed by atoms with Crippen LogP contribution in [0.1, 0.15) is 28.9 Å². The molecule has 1 unspecified atom stereocenters. The highest BCUT2D eigenvalue weighted by Gasteiger charge is 2.27. The van der Waals surface area contributed by atoms with Crippen molar-refractivity contribution in [1.29, 1.82) is 5.26 Å². The molecule has 1 aromatic carbocycles. The van der Waals surface area contributed by atoms with Gasteiger partial charge < -0.3 is 14.4 Å². The molecular formula is C18H18N4O3. The van der Waals surface area contributed by atoms with E-state index in [0.717, 1.165) is 12.8 Å². The maximum atomic E-state index is 12.7. The second-order valence-corrected chi connectivity index (χ2v) is 5.69. The number of rotatable bonds is 4. The third-order valence-electron chi connectivity index (χ3n) is 4.03. The van der Waals surface area contributed by atoms with Crippen LogP contribution < -0.4 is 9.47 Å². The van der Waals surface area contributed by atoms with Gasteiger partial charge in [-0.3, -0.25) is 4.79 Å². The Morgan fingerprint density at radius 3 is 3.00 bits per heavy atom. The van der Waals surface area contributed by atoms with E-state index in [4.69, 9.17) is 14.7 Å². The standard InChI is InChI=1S/C18H18N4O3/c1-24-14-5-2-4-13(10-14)18(23)22-9-3-6-15(12-22)25-17-16(11-19)20-7-8-21-17/h2,4-5,7-8,10,15H,3,6,9,12H2,1H3. The predicted octanol–water partition coefficient (Wildman–Crippen LogP) is 2.04. The van der Waals surface area contributed by atoms with Crippen LogP contribution in [0.5, 0.6) is 11.6 Å². The van der Waals surface area contributed by atoms with Gasteiger partial charge in [-0.05, 0) is 31.0 Å². The van der Waals surface area contributed by atoms with E-state index in [9.17, 15) is 4.79 Å². The number of piperidine rings is 1. The van der Waals surface area contributed by atoms with Gasteiger partial charge in [0.2, 0.25) is 5.69 Å². The molecular weight excluding hydrogens is 320 g/mol. The number of nitriles is 1. The minimum atomic E-state index is -0.216. The molecule has 0 radical (unpaired) electrons. The quantitative estimate of drug-likeness (QED) is 0.847. The lowest BCUT2D eigenvalue weighted by molar-refractivity contribution is 0.0526. The third kappa shape index (κ3) is 3.86. The Morgan fingerprint density at radius 1 is 1.36 bits per heavy atom. The summed E-state index contributed by atoms with van der Waals surface area (Å²) >= 11 is 0. The molecule has 1 atom stereocenters. The number of aromatic nitrogens is 2. The molecule has 7 heteroatoms. The van der Waals surface area contributed by atoms with E-state index in [0.29, 0.717) is 24.4 Å². The molecule has 1 aliphatic heterocycles. The Kier molecular flexibility index (Phi) is 5.09. The summed E-state index contributed by atoms with van der Waals surface area (Å²) in [6.45, 7) is 1.11. The molecule has 7 nitrogen and oxygen atoms in total. The van der Waals surface area contributed by atoms with E-state index in [1.165, 1.54) is 12.4 Å². The van der Waals surface area contributed by atoms with Crippen molar-refractivity contribution in [3.63, 3.8) is 0 Å². The summed E-state index contributed by atoms with van der Waals surface area (Å²) in [5, 5.41) is 9.08. The first-order chi connectivity index (χ1) is 12.2. The molecule has 2 aromatic rings. The number of amides is 1. The summed E-state index contributed by atoms with van der Waals surface area (Å²) in [7, 11) is 1.57. The zero-order valence-corrected chi connectivity index (χ0v) is 13.9. The number of hydrogen-bond acceptors (Lipinski definition) is 6. The number of benzene rings is 1. The van der Waals surface area contributed by atoms with Crippen LogP contribution in [0.4, 0.5) is 0 Å². The van der Waals surface area contributed by atoms with Crippen LogP contribution in [0.25, 0.3) is 0 Å². The molecule has 0 bridgehead atoms. The zero-order chi connectivity index (χ0) is 17.6. The van der Waals surface area contributed by atoms with Crippen LogP contribution in [0.2, 0.25) is 0 Å². The molecule has 3 rings (SSSR count). The van der Waals surface area contributed by atoms with Crippen LogP contribution >= 0.6 is 0 Å². The van der Waals surface area contributed by atoms with Crippen LogP contribution in [0.15, 0.2) is 36.7 Å². The van der Waals surface area contributed by atoms with Gasteiger partial charge in [0.15, 0.2) is 0 Å². The Balaban J connectivity index is 1.70. The number of nitrogens with zero attached hydrogens (tertiary/aromatic N) is 4. The third-order valence-corrected chi connectivity index (χ3v) is 4.03. The van der Waals surface area contributed by atoms with Crippen molar-refractivity contribution in [1.82, 2.24) is 14.9 Å². The highest BCUT2D eigenvalue weighted by Crippen LogP contribution is 2.21. The van der Waals surface area contributed by atoms with Gasteiger partial charge in [0.05, 0.1) is 13.7 Å². The molecule has 2 heterocycles. The van der Waals surface area contributed by atoms with Gasteiger partial charge in [-0.25, -0.2) is 9.97 Å². The summed E-state index contributed by atoms with van der Waals surface area (Å²) in [5.41, 5.74) is 0.732. The molecule has 0 saturated carbocycles. The Morgan fingerprint density at radius 2 is 2.20 bits per heavy atom. The van der Waals surface area contributed by atoms with Gasteiger partial charge in [0, 0.05) is 24.5 Å². The fourth-order valence-electron chi connectivity index (χ4n) is 2.80. The number of carbonyl (C=O) groups excluding carboxylic acids is 1. The first kappa shape index (κ1) is 16.7. The summed E-state index contributed by atoms with van der Waals surface area (Å²) in [6, 6.07) is 9.06. The number of methoxy groups -OCH3 is 1. The summed E-state index contributed by atoms with van der Waals surface area (Å²) in [4.78, 5) is 22.5. The summed E-state index contributed by atoms with van der Waals surface area (Å²) in [6.07, 6.45) is 4.33. The van der Waals surface area contributed by atoms with Crippen LogP contribution in [0, 0.1) is 11.3 Å². The number of likely N-dealkylation sites (tertiary alicyclic amines) is 1. The molecule has 0 N–H and O–H groups in total. The maximum Gasteiger partial charge on any atom is 0.254 e. The molecule has 0 aliphatic carbocycles. The smallest absolute Gasteiger partial charge is 0.254 e. The van der Waals surface area contributed by atoms with Gasteiger partial charge in [-0.1, -0.05) is 6.07 Å². The SMILES string of the molecule is COc1cccc(C(=O)N2CCCC(Oc3nccnc3C#N)C2)c1. The predicted molar refractivity (Wildman–Crippen MR) is 89.3 cm³/mol. The lowest BCUT2D eigenvalue weighted by Crippen LogP contribution is -2.44. The van der Waals surface area contributed by atoms with Crippen LogP contribution in [-0.4, -0.2) is 47.1 Å². The normalized spacial score (nSPS) is 16.8. The van der Waals surface area contributed by atoms with Crippen molar-refractivity contribution >= 4 is 5.91 Å². The second-order valence-electron chi connectivity index (χ2n) is 5.69. The molecule has 1 saturated heterocycles. The average Bonchev–Trinajstić information content (AvgIpc) is 2.68. The van der Waals surface area contributed by atoms with E-state index in [-0.39, 0.29) is 23.6 Å². The van der Waals surface area contributed by atoms with Crippen LogP contribution in [0.3, 0.4) is 0 Å². The monoisotopic (exact) mass is 338 g/mol. The number of ether oxygens (including phenoxy) is 2. The van der Waals surface area contributed by atoms with Crippen molar-refractivity contribution in [2.24, 2.45) is 0 Å². The van der Waals surface area contributed by atoms with E-state index in [1.807, 2.05) is 6.07 Å². The fourth-order valence-corrected chi connectivity index (χ4v) is 2.80. The molecule has 0 spiro atoms. The first-order valence-corrected chi connectivity index (χ1v) is 8.02. The van der Waals surface area contributed by atoms with E-state index >= 15 is 0 Å². The molecule has 1 aromatic heterocycles. The van der Waals surface area contributed by atoms with Gasteiger partial charge in [-0.2, -0.15) is 5.26 Å². The fraction of sp³-hybridized carbons (Fsp3) is 0.333. The highest BCUT2D eigenvalue weighted by molar-refractivity contribution is 5.94. The Hall–Kier alpha value is -3.14. The maximum absolute atomic E-state index is 12.7. The van der Waals surface area contributed by atoms with E-state index < -0.39 is 0 Å². The lowest BCUT2D eigenvalue weighted by atomic mass is 10.1. The van der Waals surface area contributed by atoms with Crippen molar-refractivity contribution in [3.8, 4) is 17.7 Å². The number of carbonyl (C=O) groups is 1. The van der Waals surface area contributed by atoms with E-state index in [1.54, 1.807) is 36.3 Å². The summed E-state index contributed by atoms with van der Waals surface area (Å²) in [5.74, 6) is 0.798. The molecule has 25 heavy (non-hydrogen) atoms. The second kappa shape index (κ2) is 7.62. The minimum Gasteiger partial charge on any atom is -0.497 e. The molecule has 1 aliphatic rings. The van der Waals surface area contributed by atoms with E-state index in [2.05, 4.69) is 9.97 Å². The molecule has 1 fully saturated rings. The Labute approximate surface area is 145 Å².